The van der Waals surface area contributed by atoms with Gasteiger partial charge in [-0.2, -0.15) is 0 Å². The first-order chi connectivity index (χ1) is 15.0. The van der Waals surface area contributed by atoms with E-state index in [0.717, 1.165) is 32.0 Å². The minimum atomic E-state index is -0.885. The molecule has 1 saturated carbocycles. The molecule has 2 fully saturated rings. The highest BCUT2D eigenvalue weighted by atomic mass is 35.5. The molecule has 162 valence electrons. The van der Waals surface area contributed by atoms with Crippen molar-refractivity contribution in [2.75, 3.05) is 25.5 Å². The molecule has 0 spiro atoms. The van der Waals surface area contributed by atoms with Crippen LogP contribution in [-0.4, -0.2) is 36.3 Å². The van der Waals surface area contributed by atoms with Crippen LogP contribution in [0.15, 0.2) is 30.6 Å². The molecule has 31 heavy (non-hydrogen) atoms. The Kier molecular flexibility index (Phi) is 5.27. The lowest BCUT2D eigenvalue weighted by atomic mass is 10.0. The molecule has 1 aromatic heterocycles. The molecular weight excluding hydrogens is 426 g/mol. The quantitative estimate of drug-likeness (QED) is 0.554. The third kappa shape index (κ3) is 3.74. The monoisotopic (exact) mass is 446 g/mol. The Balaban J connectivity index is 1.49. The van der Waals surface area contributed by atoms with Gasteiger partial charge >= 0.3 is 0 Å². The van der Waals surface area contributed by atoms with E-state index in [1.54, 1.807) is 19.2 Å². The van der Waals surface area contributed by atoms with E-state index in [9.17, 15) is 8.78 Å². The van der Waals surface area contributed by atoms with E-state index >= 15 is 0 Å². The maximum Gasteiger partial charge on any atom is 0.168 e. The van der Waals surface area contributed by atoms with E-state index in [1.165, 1.54) is 12.4 Å². The van der Waals surface area contributed by atoms with Crippen LogP contribution in [0.25, 0.3) is 10.9 Å². The minimum Gasteiger partial charge on any atom is -0.493 e. The zero-order chi connectivity index (χ0) is 21.5. The van der Waals surface area contributed by atoms with E-state index in [-0.39, 0.29) is 11.8 Å². The van der Waals surface area contributed by atoms with Gasteiger partial charge in [0.2, 0.25) is 0 Å². The third-order valence-corrected chi connectivity index (χ3v) is 6.46. The number of hydrogen-bond acceptors (Lipinski definition) is 6. The van der Waals surface area contributed by atoms with Crippen LogP contribution in [0.4, 0.5) is 20.3 Å². The molecule has 5 rings (SSSR count). The second-order valence-corrected chi connectivity index (χ2v) is 8.36. The Morgan fingerprint density at radius 1 is 1.10 bits per heavy atom. The van der Waals surface area contributed by atoms with Crippen LogP contribution in [0.2, 0.25) is 5.02 Å². The molecule has 1 aliphatic heterocycles. The Bertz CT molecular complexity index is 1130. The van der Waals surface area contributed by atoms with Crippen LogP contribution < -0.4 is 20.1 Å². The fourth-order valence-corrected chi connectivity index (χ4v) is 4.72. The summed E-state index contributed by atoms with van der Waals surface area (Å²) in [5, 5.41) is 6.37. The standard InChI is InChI=1S/C22H21ClF2N4O2/c1-30-18-7-17-14(6-19(18)31-13-4-11-8-26-9-12(11)5-13)22(28-10-27-17)29-16-3-2-15(24)20(23)21(16)25/h2-3,6-7,10-13,26H,4-5,8-9H2,1H3,(H,27,28,29)/t11-,12+,13?. The second-order valence-electron chi connectivity index (χ2n) is 7.98. The molecule has 2 N–H and O–H groups in total. The van der Waals surface area contributed by atoms with Gasteiger partial charge in [0.1, 0.15) is 23.0 Å². The number of hydrogen-bond donors (Lipinski definition) is 2. The van der Waals surface area contributed by atoms with E-state index in [1.807, 2.05) is 0 Å². The summed E-state index contributed by atoms with van der Waals surface area (Å²) in [4.78, 5) is 8.53. The summed E-state index contributed by atoms with van der Waals surface area (Å²) in [6.45, 7) is 2.07. The lowest BCUT2D eigenvalue weighted by molar-refractivity contribution is 0.191. The third-order valence-electron chi connectivity index (χ3n) is 6.11. The second kappa shape index (κ2) is 8.09. The summed E-state index contributed by atoms with van der Waals surface area (Å²) < 4.78 is 39.8. The first-order valence-corrected chi connectivity index (χ1v) is 10.5. The first-order valence-electron chi connectivity index (χ1n) is 10.1. The Morgan fingerprint density at radius 2 is 1.87 bits per heavy atom. The summed E-state index contributed by atoms with van der Waals surface area (Å²) in [5.74, 6) is 1.09. The molecule has 9 heteroatoms. The predicted octanol–water partition coefficient (Wildman–Crippen LogP) is 4.69. The number of halogens is 3. The van der Waals surface area contributed by atoms with Crippen molar-refractivity contribution in [3.8, 4) is 11.5 Å². The van der Waals surface area contributed by atoms with Crippen molar-refractivity contribution < 1.29 is 18.3 Å². The minimum absolute atomic E-state index is 0.0146. The van der Waals surface area contributed by atoms with Crippen molar-refractivity contribution in [1.82, 2.24) is 15.3 Å². The molecule has 6 nitrogen and oxygen atoms in total. The lowest BCUT2D eigenvalue weighted by Crippen LogP contribution is -2.18. The fourth-order valence-electron chi connectivity index (χ4n) is 4.55. The van der Waals surface area contributed by atoms with Crippen LogP contribution in [0.5, 0.6) is 11.5 Å². The van der Waals surface area contributed by atoms with Gasteiger partial charge < -0.3 is 20.1 Å². The van der Waals surface area contributed by atoms with E-state index < -0.39 is 16.7 Å². The van der Waals surface area contributed by atoms with Gasteiger partial charge in [-0.1, -0.05) is 11.6 Å². The van der Waals surface area contributed by atoms with Gasteiger partial charge in [0.05, 0.1) is 24.4 Å². The lowest BCUT2D eigenvalue weighted by Gasteiger charge is -2.18. The van der Waals surface area contributed by atoms with Crippen molar-refractivity contribution in [3.05, 3.63) is 47.2 Å². The Morgan fingerprint density at radius 3 is 2.61 bits per heavy atom. The van der Waals surface area contributed by atoms with Gasteiger partial charge in [-0.05, 0) is 56.0 Å². The van der Waals surface area contributed by atoms with Crippen LogP contribution >= 0.6 is 11.6 Å². The van der Waals surface area contributed by atoms with Crippen molar-refractivity contribution in [2.45, 2.75) is 18.9 Å². The molecule has 1 aliphatic carbocycles. The molecule has 0 amide bonds. The number of methoxy groups -OCH3 is 1. The predicted molar refractivity (Wildman–Crippen MR) is 114 cm³/mol. The number of benzene rings is 2. The zero-order valence-electron chi connectivity index (χ0n) is 16.8. The van der Waals surface area contributed by atoms with Crippen LogP contribution in [0, 0.1) is 23.5 Å². The summed E-state index contributed by atoms with van der Waals surface area (Å²) in [5.41, 5.74) is 0.614. The smallest absolute Gasteiger partial charge is 0.168 e. The molecule has 2 aromatic carbocycles. The van der Waals surface area contributed by atoms with Crippen molar-refractivity contribution in [3.63, 3.8) is 0 Å². The van der Waals surface area contributed by atoms with Crippen LogP contribution in [-0.2, 0) is 0 Å². The maximum absolute atomic E-state index is 14.4. The highest BCUT2D eigenvalue weighted by molar-refractivity contribution is 6.31. The van der Waals surface area contributed by atoms with E-state index in [2.05, 4.69) is 20.6 Å². The van der Waals surface area contributed by atoms with Crippen molar-refractivity contribution in [2.24, 2.45) is 11.8 Å². The van der Waals surface area contributed by atoms with Gasteiger partial charge in [-0.3, -0.25) is 0 Å². The molecule has 3 atom stereocenters. The van der Waals surface area contributed by atoms with Gasteiger partial charge in [-0.25, -0.2) is 18.7 Å². The number of nitrogens with one attached hydrogen (secondary N) is 2. The SMILES string of the molecule is COc1cc2ncnc(Nc3ccc(F)c(Cl)c3F)c2cc1OC1C[C@H]2CNC[C@H]2C1. The highest BCUT2D eigenvalue weighted by Gasteiger charge is 2.38. The van der Waals surface area contributed by atoms with E-state index in [0.29, 0.717) is 40.1 Å². The average Bonchev–Trinajstić information content (AvgIpc) is 3.36. The molecule has 1 unspecified atom stereocenters. The molecule has 0 bridgehead atoms. The maximum atomic E-state index is 14.4. The van der Waals surface area contributed by atoms with Gasteiger partial charge in [0, 0.05) is 11.5 Å². The van der Waals surface area contributed by atoms with Gasteiger partial charge in [0.15, 0.2) is 17.3 Å². The first kappa shape index (κ1) is 20.2. The largest absolute Gasteiger partial charge is 0.493 e. The Hall–Kier alpha value is -2.71. The average molecular weight is 447 g/mol. The molecule has 2 aliphatic rings. The van der Waals surface area contributed by atoms with Crippen LogP contribution in [0.3, 0.4) is 0 Å². The van der Waals surface area contributed by atoms with Crippen LogP contribution in [0.1, 0.15) is 12.8 Å². The molecule has 2 heterocycles. The number of nitrogens with zero attached hydrogens (tertiary/aromatic N) is 2. The highest BCUT2D eigenvalue weighted by Crippen LogP contribution is 2.41. The number of rotatable bonds is 5. The Labute approximate surface area is 182 Å². The zero-order valence-corrected chi connectivity index (χ0v) is 17.5. The summed E-state index contributed by atoms with van der Waals surface area (Å²) in [6.07, 6.45) is 3.46. The summed E-state index contributed by atoms with van der Waals surface area (Å²) in [6, 6.07) is 5.94. The number of ether oxygens (including phenoxy) is 2. The topological polar surface area (TPSA) is 68.3 Å². The number of fused-ring (bicyclic) bond motifs is 2. The van der Waals surface area contributed by atoms with Gasteiger partial charge in [0.25, 0.3) is 0 Å². The number of anilines is 2. The van der Waals surface area contributed by atoms with Crippen molar-refractivity contribution in [1.29, 1.82) is 0 Å². The van der Waals surface area contributed by atoms with Crippen molar-refractivity contribution >= 4 is 34.0 Å². The fraction of sp³-hybridized carbons (Fsp3) is 0.364. The van der Waals surface area contributed by atoms with Gasteiger partial charge in [-0.15, -0.1) is 0 Å². The summed E-state index contributed by atoms with van der Waals surface area (Å²) >= 11 is 5.70. The number of aromatic nitrogens is 2. The van der Waals surface area contributed by atoms with E-state index in [4.69, 9.17) is 21.1 Å². The molecule has 3 aromatic rings. The molecular formula is C22H21ClF2N4O2. The molecule has 1 saturated heterocycles. The summed E-state index contributed by atoms with van der Waals surface area (Å²) in [7, 11) is 1.58. The molecule has 0 radical (unpaired) electrons. The normalized spacial score (nSPS) is 22.5.